The van der Waals surface area contributed by atoms with Crippen LogP contribution in [0.5, 0.6) is 0 Å². The molecule has 0 amide bonds. The summed E-state index contributed by atoms with van der Waals surface area (Å²) in [6.45, 7) is 3.00. The van der Waals surface area contributed by atoms with Gasteiger partial charge in [-0.3, -0.25) is 0 Å². The quantitative estimate of drug-likeness (QED) is 0.784. The summed E-state index contributed by atoms with van der Waals surface area (Å²) >= 11 is 1.83. The van der Waals surface area contributed by atoms with Crippen LogP contribution >= 0.6 is 11.8 Å². The summed E-state index contributed by atoms with van der Waals surface area (Å²) in [5, 5.41) is 3.50. The van der Waals surface area contributed by atoms with Gasteiger partial charge in [0.1, 0.15) is 0 Å². The van der Waals surface area contributed by atoms with E-state index in [-0.39, 0.29) is 0 Å². The highest BCUT2D eigenvalue weighted by Crippen LogP contribution is 2.29. The Hall–Kier alpha value is -1.29. The molecule has 20 heavy (non-hydrogen) atoms. The van der Waals surface area contributed by atoms with Crippen LogP contribution in [0, 0.1) is 0 Å². The third-order valence-corrected chi connectivity index (χ3v) is 4.12. The normalized spacial score (nSPS) is 10.9. The summed E-state index contributed by atoms with van der Waals surface area (Å²) in [6.07, 6.45) is 0. The smallest absolute Gasteiger partial charge is 0.0217 e. The molecule has 0 aliphatic rings. The van der Waals surface area contributed by atoms with E-state index in [2.05, 4.69) is 78.9 Å². The molecule has 2 rings (SSSR count). The Bertz CT molecular complexity index is 511. The van der Waals surface area contributed by atoms with E-state index in [0.717, 1.165) is 19.6 Å². The maximum atomic E-state index is 3.50. The molecule has 0 unspecified atom stereocenters. The second-order valence-electron chi connectivity index (χ2n) is 5.00. The number of hydrogen-bond donors (Lipinski definition) is 1. The van der Waals surface area contributed by atoms with Crippen LogP contribution in [-0.2, 0) is 6.54 Å². The molecule has 0 aliphatic carbocycles. The van der Waals surface area contributed by atoms with Gasteiger partial charge in [0.25, 0.3) is 0 Å². The van der Waals surface area contributed by atoms with Gasteiger partial charge in [0.05, 0.1) is 0 Å². The van der Waals surface area contributed by atoms with Crippen LogP contribution < -0.4 is 5.32 Å². The lowest BCUT2D eigenvalue weighted by molar-refractivity contribution is 0.399. The Morgan fingerprint density at radius 1 is 0.950 bits per heavy atom. The lowest BCUT2D eigenvalue weighted by atomic mass is 10.2. The minimum Gasteiger partial charge on any atom is -0.311 e. The number of hydrogen-bond acceptors (Lipinski definition) is 3. The van der Waals surface area contributed by atoms with Crippen molar-refractivity contribution >= 4 is 11.8 Å². The summed E-state index contributed by atoms with van der Waals surface area (Å²) in [5.41, 5.74) is 1.36. The van der Waals surface area contributed by atoms with E-state index < -0.39 is 0 Å². The fraction of sp³-hybridized carbons (Fsp3) is 0.294. The summed E-state index contributed by atoms with van der Waals surface area (Å²) < 4.78 is 0. The van der Waals surface area contributed by atoms with Gasteiger partial charge in [0.15, 0.2) is 0 Å². The van der Waals surface area contributed by atoms with Crippen LogP contribution in [0.1, 0.15) is 5.56 Å². The highest BCUT2D eigenvalue weighted by atomic mass is 32.2. The number of nitrogens with zero attached hydrogens (tertiary/aromatic N) is 1. The number of rotatable bonds is 7. The summed E-state index contributed by atoms with van der Waals surface area (Å²) in [4.78, 5) is 4.81. The molecule has 0 spiro atoms. The SMILES string of the molecule is CN(C)CCNCc1ccccc1Sc1ccccc1. The van der Waals surface area contributed by atoms with Crippen molar-refractivity contribution < 1.29 is 0 Å². The highest BCUT2D eigenvalue weighted by molar-refractivity contribution is 7.99. The average molecular weight is 286 g/mol. The molecular weight excluding hydrogens is 264 g/mol. The Morgan fingerprint density at radius 2 is 1.65 bits per heavy atom. The average Bonchev–Trinajstić information content (AvgIpc) is 2.46. The molecule has 2 aromatic rings. The summed E-state index contributed by atoms with van der Waals surface area (Å²) in [7, 11) is 4.20. The first-order valence-corrected chi connectivity index (χ1v) is 7.73. The molecule has 0 saturated heterocycles. The van der Waals surface area contributed by atoms with Crippen molar-refractivity contribution in [2.45, 2.75) is 16.3 Å². The van der Waals surface area contributed by atoms with Gasteiger partial charge in [-0.25, -0.2) is 0 Å². The molecule has 0 heterocycles. The van der Waals surface area contributed by atoms with E-state index in [1.54, 1.807) is 0 Å². The molecule has 0 aliphatic heterocycles. The first kappa shape index (κ1) is 15.1. The van der Waals surface area contributed by atoms with Gasteiger partial charge in [0, 0.05) is 29.4 Å². The fourth-order valence-electron chi connectivity index (χ4n) is 1.89. The third kappa shape index (κ3) is 5.00. The van der Waals surface area contributed by atoms with Crippen molar-refractivity contribution in [3.63, 3.8) is 0 Å². The zero-order valence-electron chi connectivity index (χ0n) is 12.2. The molecule has 0 fully saturated rings. The van der Waals surface area contributed by atoms with Gasteiger partial charge >= 0.3 is 0 Å². The van der Waals surface area contributed by atoms with Crippen molar-refractivity contribution in [1.82, 2.24) is 10.2 Å². The van der Waals surface area contributed by atoms with Crippen LogP contribution in [0.4, 0.5) is 0 Å². The molecule has 2 aromatic carbocycles. The highest BCUT2D eigenvalue weighted by Gasteiger charge is 2.03. The molecule has 1 N–H and O–H groups in total. The largest absolute Gasteiger partial charge is 0.311 e. The van der Waals surface area contributed by atoms with E-state index in [1.807, 2.05) is 11.8 Å². The van der Waals surface area contributed by atoms with E-state index in [4.69, 9.17) is 0 Å². The molecule has 0 aromatic heterocycles. The number of benzene rings is 2. The number of likely N-dealkylation sites (N-methyl/N-ethyl adjacent to an activating group) is 1. The minimum absolute atomic E-state index is 0.920. The maximum Gasteiger partial charge on any atom is 0.0217 e. The monoisotopic (exact) mass is 286 g/mol. The molecule has 0 bridgehead atoms. The summed E-state index contributed by atoms with van der Waals surface area (Å²) in [6, 6.07) is 19.1. The molecular formula is C17H22N2S. The van der Waals surface area contributed by atoms with E-state index >= 15 is 0 Å². The molecule has 0 atom stereocenters. The zero-order valence-corrected chi connectivity index (χ0v) is 13.0. The Labute approximate surface area is 126 Å². The van der Waals surface area contributed by atoms with Crippen LogP contribution in [0.3, 0.4) is 0 Å². The van der Waals surface area contributed by atoms with E-state index in [9.17, 15) is 0 Å². The molecule has 3 heteroatoms. The predicted molar refractivity (Wildman–Crippen MR) is 87.3 cm³/mol. The topological polar surface area (TPSA) is 15.3 Å². The lowest BCUT2D eigenvalue weighted by Gasteiger charge is -2.12. The van der Waals surface area contributed by atoms with Gasteiger partial charge in [-0.2, -0.15) is 0 Å². The molecule has 0 saturated carbocycles. The zero-order chi connectivity index (χ0) is 14.2. The van der Waals surface area contributed by atoms with Crippen LogP contribution in [0.25, 0.3) is 0 Å². The first-order valence-electron chi connectivity index (χ1n) is 6.92. The van der Waals surface area contributed by atoms with Gasteiger partial charge in [-0.15, -0.1) is 0 Å². The standard InChI is InChI=1S/C17H22N2S/c1-19(2)13-12-18-14-15-8-6-7-11-17(15)20-16-9-4-3-5-10-16/h3-11,18H,12-14H2,1-2H3. The minimum atomic E-state index is 0.920. The Kier molecular flexibility index (Phi) is 6.12. The van der Waals surface area contributed by atoms with Crippen LogP contribution in [0.2, 0.25) is 0 Å². The Balaban J connectivity index is 1.96. The van der Waals surface area contributed by atoms with Crippen LogP contribution in [0.15, 0.2) is 64.4 Å². The summed E-state index contributed by atoms with van der Waals surface area (Å²) in [5.74, 6) is 0. The number of nitrogens with one attached hydrogen (secondary N) is 1. The molecule has 0 radical (unpaired) electrons. The molecule has 2 nitrogen and oxygen atoms in total. The van der Waals surface area contributed by atoms with Crippen molar-refractivity contribution in [3.8, 4) is 0 Å². The maximum absolute atomic E-state index is 3.50. The van der Waals surface area contributed by atoms with E-state index in [0.29, 0.717) is 0 Å². The molecule has 106 valence electrons. The van der Waals surface area contributed by atoms with E-state index in [1.165, 1.54) is 15.4 Å². The van der Waals surface area contributed by atoms with Crippen molar-refractivity contribution in [2.75, 3.05) is 27.2 Å². The van der Waals surface area contributed by atoms with Crippen molar-refractivity contribution in [1.29, 1.82) is 0 Å². The van der Waals surface area contributed by atoms with Gasteiger partial charge < -0.3 is 10.2 Å². The predicted octanol–water partition coefficient (Wildman–Crippen LogP) is 3.49. The van der Waals surface area contributed by atoms with Crippen molar-refractivity contribution in [2.24, 2.45) is 0 Å². The second-order valence-corrected chi connectivity index (χ2v) is 6.12. The second kappa shape index (κ2) is 8.10. The third-order valence-electron chi connectivity index (χ3n) is 2.99. The van der Waals surface area contributed by atoms with Crippen molar-refractivity contribution in [3.05, 3.63) is 60.2 Å². The fourth-order valence-corrected chi connectivity index (χ4v) is 2.86. The first-order chi connectivity index (χ1) is 9.75. The van der Waals surface area contributed by atoms with Gasteiger partial charge in [0.2, 0.25) is 0 Å². The lowest BCUT2D eigenvalue weighted by Crippen LogP contribution is -2.26. The van der Waals surface area contributed by atoms with Gasteiger partial charge in [-0.05, 0) is 37.9 Å². The Morgan fingerprint density at radius 3 is 2.40 bits per heavy atom. The van der Waals surface area contributed by atoms with Gasteiger partial charge in [-0.1, -0.05) is 48.2 Å². The van der Waals surface area contributed by atoms with Crippen LogP contribution in [-0.4, -0.2) is 32.1 Å².